The molecule has 0 aliphatic heterocycles. The predicted octanol–water partition coefficient (Wildman–Crippen LogP) is 2.19. The van der Waals surface area contributed by atoms with Gasteiger partial charge in [-0.05, 0) is 25.7 Å². The van der Waals surface area contributed by atoms with Gasteiger partial charge in [-0.15, -0.1) is 0 Å². The van der Waals surface area contributed by atoms with E-state index in [1.807, 2.05) is 6.92 Å². The molecule has 0 aliphatic carbocycles. The zero-order chi connectivity index (χ0) is 7.28. The third-order valence-electron chi connectivity index (χ3n) is 1.77. The molecule has 0 amide bonds. The van der Waals surface area contributed by atoms with Gasteiger partial charge in [-0.25, -0.2) is 0 Å². The molecule has 0 rings (SSSR count). The highest BCUT2D eigenvalue weighted by Crippen LogP contribution is 2.10. The molecule has 0 saturated carbocycles. The van der Waals surface area contributed by atoms with Gasteiger partial charge in [0.1, 0.15) is 0 Å². The van der Waals surface area contributed by atoms with Crippen LogP contribution in [0, 0.1) is 5.92 Å². The number of aliphatic hydroxyl groups is 1. The van der Waals surface area contributed by atoms with E-state index < -0.39 is 0 Å². The summed E-state index contributed by atoms with van der Waals surface area (Å²) >= 11 is 0. The van der Waals surface area contributed by atoms with Crippen molar-refractivity contribution in [2.75, 3.05) is 0 Å². The van der Waals surface area contributed by atoms with E-state index in [0.29, 0.717) is 0 Å². The Morgan fingerprint density at radius 2 is 1.78 bits per heavy atom. The highest BCUT2D eigenvalue weighted by atomic mass is 16.3. The second-order valence-electron chi connectivity index (χ2n) is 2.94. The van der Waals surface area contributed by atoms with Crippen LogP contribution in [0.4, 0.5) is 0 Å². The minimum atomic E-state index is -0.112. The Balaban J connectivity index is 3.06. The average molecular weight is 130 g/mol. The molecule has 0 aromatic carbocycles. The maximum Gasteiger partial charge on any atom is 0.0512 e. The zero-order valence-electron chi connectivity index (χ0n) is 6.72. The van der Waals surface area contributed by atoms with Gasteiger partial charge in [-0.1, -0.05) is 20.3 Å². The van der Waals surface area contributed by atoms with Gasteiger partial charge >= 0.3 is 0 Å². The van der Waals surface area contributed by atoms with Crippen molar-refractivity contribution in [1.82, 2.24) is 0 Å². The molecule has 9 heavy (non-hydrogen) atoms. The molecule has 1 N–H and O–H groups in total. The Morgan fingerprint density at radius 3 is 2.11 bits per heavy atom. The van der Waals surface area contributed by atoms with Gasteiger partial charge in [0.25, 0.3) is 0 Å². The van der Waals surface area contributed by atoms with Crippen LogP contribution in [-0.2, 0) is 0 Å². The van der Waals surface area contributed by atoms with E-state index in [1.54, 1.807) is 0 Å². The molecule has 2 atom stereocenters. The maximum atomic E-state index is 8.90. The third kappa shape index (κ3) is 5.84. The topological polar surface area (TPSA) is 20.2 Å². The van der Waals surface area contributed by atoms with Crippen LogP contribution in [0.15, 0.2) is 0 Å². The van der Waals surface area contributed by atoms with Gasteiger partial charge < -0.3 is 5.11 Å². The van der Waals surface area contributed by atoms with E-state index >= 15 is 0 Å². The molecule has 0 bridgehead atoms. The van der Waals surface area contributed by atoms with Crippen LogP contribution in [0.5, 0.6) is 0 Å². The summed E-state index contributed by atoms with van der Waals surface area (Å²) in [6.07, 6.45) is 3.23. The summed E-state index contributed by atoms with van der Waals surface area (Å²) in [6.45, 7) is 6.26. The third-order valence-corrected chi connectivity index (χ3v) is 1.77. The van der Waals surface area contributed by atoms with E-state index in [9.17, 15) is 0 Å². The molecule has 56 valence electrons. The van der Waals surface area contributed by atoms with Gasteiger partial charge in [0.05, 0.1) is 6.10 Å². The molecule has 1 unspecified atom stereocenters. The Labute approximate surface area is 58.1 Å². The van der Waals surface area contributed by atoms with Crippen molar-refractivity contribution in [3.05, 3.63) is 0 Å². The van der Waals surface area contributed by atoms with Gasteiger partial charge in [0.15, 0.2) is 0 Å². The van der Waals surface area contributed by atoms with Crippen molar-refractivity contribution >= 4 is 0 Å². The minimum Gasteiger partial charge on any atom is -0.393 e. The van der Waals surface area contributed by atoms with Gasteiger partial charge in [-0.3, -0.25) is 0 Å². The van der Waals surface area contributed by atoms with Crippen LogP contribution >= 0.6 is 0 Å². The van der Waals surface area contributed by atoms with Crippen LogP contribution in [0.1, 0.15) is 40.0 Å². The van der Waals surface area contributed by atoms with Crippen LogP contribution in [0.3, 0.4) is 0 Å². The second kappa shape index (κ2) is 4.80. The highest BCUT2D eigenvalue weighted by molar-refractivity contribution is 4.53. The quantitative estimate of drug-likeness (QED) is 0.618. The molecule has 0 aromatic rings. The smallest absolute Gasteiger partial charge is 0.0512 e. The van der Waals surface area contributed by atoms with Crippen molar-refractivity contribution in [2.45, 2.75) is 46.1 Å². The van der Waals surface area contributed by atoms with E-state index in [-0.39, 0.29) is 6.10 Å². The molecule has 1 nitrogen and oxygen atoms in total. The fraction of sp³-hybridized carbons (Fsp3) is 1.00. The largest absolute Gasteiger partial charge is 0.393 e. The fourth-order valence-electron chi connectivity index (χ4n) is 0.730. The van der Waals surface area contributed by atoms with E-state index in [0.717, 1.165) is 18.8 Å². The molecule has 0 spiro atoms. The van der Waals surface area contributed by atoms with Gasteiger partial charge in [-0.2, -0.15) is 0 Å². The molecular formula is C8H18O. The van der Waals surface area contributed by atoms with Crippen molar-refractivity contribution in [3.63, 3.8) is 0 Å². The zero-order valence-corrected chi connectivity index (χ0v) is 6.72. The van der Waals surface area contributed by atoms with Crippen LogP contribution in [0.2, 0.25) is 0 Å². The standard InChI is InChI=1S/C8H18O/c1-4-7(2)5-6-8(3)9/h7-9H,4-6H2,1-3H3/t7-,8?/m0/s1. The Morgan fingerprint density at radius 1 is 1.22 bits per heavy atom. The normalized spacial score (nSPS) is 17.3. The van der Waals surface area contributed by atoms with Crippen molar-refractivity contribution < 1.29 is 5.11 Å². The first kappa shape index (κ1) is 8.96. The summed E-state index contributed by atoms with van der Waals surface area (Å²) in [4.78, 5) is 0. The Kier molecular flexibility index (Phi) is 4.78. The lowest BCUT2D eigenvalue weighted by Gasteiger charge is -2.08. The van der Waals surface area contributed by atoms with E-state index in [4.69, 9.17) is 5.11 Å². The molecule has 0 saturated heterocycles. The lowest BCUT2D eigenvalue weighted by molar-refractivity contribution is 0.174. The Bertz CT molecular complexity index is 59.6. The van der Waals surface area contributed by atoms with Gasteiger partial charge in [0.2, 0.25) is 0 Å². The lowest BCUT2D eigenvalue weighted by Crippen LogP contribution is -2.02. The van der Waals surface area contributed by atoms with Crippen LogP contribution in [0.25, 0.3) is 0 Å². The number of aliphatic hydroxyl groups excluding tert-OH is 1. The van der Waals surface area contributed by atoms with Crippen molar-refractivity contribution in [3.8, 4) is 0 Å². The monoisotopic (exact) mass is 130 g/mol. The molecular weight excluding hydrogens is 112 g/mol. The Hall–Kier alpha value is -0.0400. The first-order chi connectivity index (χ1) is 4.16. The summed E-state index contributed by atoms with van der Waals surface area (Å²) in [6, 6.07) is 0. The van der Waals surface area contributed by atoms with Crippen molar-refractivity contribution in [1.29, 1.82) is 0 Å². The molecule has 0 aliphatic rings. The van der Waals surface area contributed by atoms with Crippen molar-refractivity contribution in [2.24, 2.45) is 5.92 Å². The highest BCUT2D eigenvalue weighted by Gasteiger charge is 2.00. The minimum absolute atomic E-state index is 0.112. The number of hydrogen-bond acceptors (Lipinski definition) is 1. The summed E-state index contributed by atoms with van der Waals surface area (Å²) in [5, 5.41) is 8.90. The van der Waals surface area contributed by atoms with Crippen LogP contribution in [-0.4, -0.2) is 11.2 Å². The maximum absolute atomic E-state index is 8.90. The van der Waals surface area contributed by atoms with Gasteiger partial charge in [0, 0.05) is 0 Å². The van der Waals surface area contributed by atoms with E-state index in [2.05, 4.69) is 13.8 Å². The molecule has 0 radical (unpaired) electrons. The number of hydrogen-bond donors (Lipinski definition) is 1. The molecule has 0 heterocycles. The predicted molar refractivity (Wildman–Crippen MR) is 40.4 cm³/mol. The summed E-state index contributed by atoms with van der Waals surface area (Å²) in [5.74, 6) is 0.777. The molecule has 0 aromatic heterocycles. The van der Waals surface area contributed by atoms with E-state index in [1.165, 1.54) is 6.42 Å². The number of rotatable bonds is 4. The second-order valence-corrected chi connectivity index (χ2v) is 2.94. The summed E-state index contributed by atoms with van der Waals surface area (Å²) in [7, 11) is 0. The first-order valence-electron chi connectivity index (χ1n) is 3.84. The summed E-state index contributed by atoms with van der Waals surface area (Å²) < 4.78 is 0. The SMILES string of the molecule is CC[C@H](C)CCC(C)O. The van der Waals surface area contributed by atoms with Crippen LogP contribution < -0.4 is 0 Å². The lowest BCUT2D eigenvalue weighted by atomic mass is 10.0. The molecule has 0 fully saturated rings. The molecule has 1 heteroatoms. The summed E-state index contributed by atoms with van der Waals surface area (Å²) in [5.41, 5.74) is 0. The first-order valence-corrected chi connectivity index (χ1v) is 3.84. The fourth-order valence-corrected chi connectivity index (χ4v) is 0.730. The average Bonchev–Trinajstić information content (AvgIpc) is 1.83.